The van der Waals surface area contributed by atoms with Crippen LogP contribution < -0.4 is 0 Å². The fraction of sp³-hybridized carbons (Fsp3) is 0.441. The Labute approximate surface area is 263 Å². The molecule has 1 saturated heterocycles. The lowest BCUT2D eigenvalue weighted by Gasteiger charge is -2.39. The van der Waals surface area contributed by atoms with Gasteiger partial charge in [-0.3, -0.25) is 0 Å². The number of halogens is 1. The number of piperidine rings is 1. The van der Waals surface area contributed by atoms with E-state index in [1.807, 2.05) is 54.3 Å². The Kier molecular flexibility index (Phi) is 11.7. The lowest BCUT2D eigenvalue weighted by Crippen LogP contribution is -2.48. The van der Waals surface area contributed by atoms with Gasteiger partial charge < -0.3 is 14.5 Å². The number of benzene rings is 3. The number of rotatable bonds is 10. The third kappa shape index (κ3) is 7.98. The van der Waals surface area contributed by atoms with Gasteiger partial charge in [-0.25, -0.2) is 13.2 Å². The summed E-state index contributed by atoms with van der Waals surface area (Å²) in [6.07, 6.45) is 3.20. The average molecular weight is 626 g/mol. The van der Waals surface area contributed by atoms with Gasteiger partial charge in [0, 0.05) is 45.3 Å². The van der Waals surface area contributed by atoms with Crippen molar-refractivity contribution in [3.05, 3.63) is 102 Å². The number of hydrogen-bond acceptors (Lipinski definition) is 5. The zero-order chi connectivity index (χ0) is 29.5. The highest BCUT2D eigenvalue weighted by Crippen LogP contribution is 2.43. The van der Waals surface area contributed by atoms with E-state index in [4.69, 9.17) is 4.74 Å². The first kappa shape index (κ1) is 33.0. The number of nitrogens with zero attached hydrogens (tertiary/aromatic N) is 3. The van der Waals surface area contributed by atoms with Crippen LogP contribution in [0.15, 0.2) is 95.9 Å². The SMILES string of the molecule is CCN(C(=O)OCc1ccccc1)C1CCN(CC2CC(N(C)S(=O)(=O)c3ccccc3)CC2c2ccccc2)CC1.Cl. The largest absolute Gasteiger partial charge is 0.445 e. The molecule has 1 aliphatic heterocycles. The van der Waals surface area contributed by atoms with Gasteiger partial charge in [-0.15, -0.1) is 12.4 Å². The van der Waals surface area contributed by atoms with E-state index >= 15 is 0 Å². The first-order chi connectivity index (χ1) is 20.4. The summed E-state index contributed by atoms with van der Waals surface area (Å²) in [7, 11) is -1.83. The summed E-state index contributed by atoms with van der Waals surface area (Å²) < 4.78 is 34.1. The van der Waals surface area contributed by atoms with Crippen molar-refractivity contribution < 1.29 is 17.9 Å². The van der Waals surface area contributed by atoms with Crippen molar-refractivity contribution in [3.63, 3.8) is 0 Å². The molecule has 0 spiro atoms. The molecule has 1 amide bonds. The predicted molar refractivity (Wildman–Crippen MR) is 173 cm³/mol. The summed E-state index contributed by atoms with van der Waals surface area (Å²) >= 11 is 0. The van der Waals surface area contributed by atoms with Crippen LogP contribution in [-0.4, -0.2) is 73.9 Å². The van der Waals surface area contributed by atoms with Crippen molar-refractivity contribution in [1.29, 1.82) is 0 Å². The third-order valence-electron chi connectivity index (χ3n) is 9.10. The number of carbonyl (C=O) groups excluding carboxylic acids is 1. The molecule has 7 nitrogen and oxygen atoms in total. The Morgan fingerprint density at radius 2 is 1.44 bits per heavy atom. The van der Waals surface area contributed by atoms with Gasteiger partial charge in [0.05, 0.1) is 4.90 Å². The molecule has 5 rings (SSSR count). The third-order valence-corrected chi connectivity index (χ3v) is 11.0. The molecule has 43 heavy (non-hydrogen) atoms. The Morgan fingerprint density at radius 3 is 2.05 bits per heavy atom. The van der Waals surface area contributed by atoms with Crippen molar-refractivity contribution >= 4 is 28.5 Å². The maximum absolute atomic E-state index is 13.4. The summed E-state index contributed by atoms with van der Waals surface area (Å²) in [5.41, 5.74) is 2.27. The van der Waals surface area contributed by atoms with E-state index in [-0.39, 0.29) is 37.2 Å². The molecule has 232 valence electrons. The quantitative estimate of drug-likeness (QED) is 0.260. The monoisotopic (exact) mass is 625 g/mol. The number of amides is 1. The smallest absolute Gasteiger partial charge is 0.410 e. The first-order valence-electron chi connectivity index (χ1n) is 15.1. The maximum Gasteiger partial charge on any atom is 0.410 e. The van der Waals surface area contributed by atoms with Crippen LogP contribution in [0.1, 0.15) is 49.7 Å². The van der Waals surface area contributed by atoms with Crippen LogP contribution in [0, 0.1) is 5.92 Å². The Balaban J connectivity index is 0.00000423. The molecule has 1 saturated carbocycles. The maximum atomic E-state index is 13.4. The van der Waals surface area contributed by atoms with Gasteiger partial charge in [-0.2, -0.15) is 4.31 Å². The van der Waals surface area contributed by atoms with Gasteiger partial charge >= 0.3 is 6.09 Å². The number of carbonyl (C=O) groups is 1. The molecule has 2 fully saturated rings. The number of likely N-dealkylation sites (tertiary alicyclic amines) is 1. The summed E-state index contributed by atoms with van der Waals surface area (Å²) in [6, 6.07) is 29.2. The standard InChI is InChI=1S/C34H43N3O4S.ClH/c1-3-37(34(38)41-26-27-13-7-4-8-14-27)30-19-21-36(22-20-30)25-29-23-31(24-33(29)28-15-9-5-10-16-28)35(2)42(39,40)32-17-11-6-12-18-32;/h4-18,29-31,33H,3,19-26H2,1-2H3;1H. The highest BCUT2D eigenvalue weighted by Gasteiger charge is 2.41. The van der Waals surface area contributed by atoms with Crippen LogP contribution in [0.25, 0.3) is 0 Å². The molecule has 9 heteroatoms. The van der Waals surface area contributed by atoms with E-state index in [0.29, 0.717) is 23.3 Å². The first-order valence-corrected chi connectivity index (χ1v) is 16.6. The van der Waals surface area contributed by atoms with Crippen molar-refractivity contribution in [3.8, 4) is 0 Å². The topological polar surface area (TPSA) is 70.2 Å². The minimum absolute atomic E-state index is 0. The van der Waals surface area contributed by atoms with E-state index < -0.39 is 10.0 Å². The zero-order valence-corrected chi connectivity index (χ0v) is 26.8. The minimum Gasteiger partial charge on any atom is -0.445 e. The number of sulfonamides is 1. The van der Waals surface area contributed by atoms with E-state index in [2.05, 4.69) is 29.2 Å². The molecule has 3 aromatic carbocycles. The Hall–Kier alpha value is -2.91. The normalized spacial score (nSPS) is 21.3. The average Bonchev–Trinajstić information content (AvgIpc) is 3.45. The lowest BCUT2D eigenvalue weighted by atomic mass is 9.88. The van der Waals surface area contributed by atoms with Crippen molar-refractivity contribution in [2.24, 2.45) is 5.92 Å². The molecule has 0 N–H and O–H groups in total. The molecular formula is C34H44ClN3O4S. The van der Waals surface area contributed by atoms with E-state index in [1.54, 1.807) is 35.6 Å². The molecule has 3 aromatic rings. The second-order valence-corrected chi connectivity index (χ2v) is 13.6. The van der Waals surface area contributed by atoms with Gasteiger partial charge in [0.15, 0.2) is 0 Å². The summed E-state index contributed by atoms with van der Waals surface area (Å²) in [5, 5.41) is 0. The van der Waals surface area contributed by atoms with Gasteiger partial charge in [-0.1, -0.05) is 78.9 Å². The molecular weight excluding hydrogens is 582 g/mol. The molecule has 1 aliphatic carbocycles. The van der Waals surface area contributed by atoms with Gasteiger partial charge in [0.1, 0.15) is 6.61 Å². The molecule has 0 radical (unpaired) electrons. The van der Waals surface area contributed by atoms with E-state index in [9.17, 15) is 13.2 Å². The number of hydrogen-bond donors (Lipinski definition) is 0. The van der Waals surface area contributed by atoms with Crippen LogP contribution in [0.5, 0.6) is 0 Å². The number of ether oxygens (including phenoxy) is 1. The minimum atomic E-state index is -3.56. The van der Waals surface area contributed by atoms with E-state index in [0.717, 1.165) is 50.9 Å². The summed E-state index contributed by atoms with van der Waals surface area (Å²) in [5.74, 6) is 0.642. The van der Waals surface area contributed by atoms with Crippen molar-refractivity contribution in [2.45, 2.75) is 62.1 Å². The molecule has 3 unspecified atom stereocenters. The van der Waals surface area contributed by atoms with Gasteiger partial charge in [0.25, 0.3) is 0 Å². The van der Waals surface area contributed by atoms with E-state index in [1.165, 1.54) is 5.56 Å². The van der Waals surface area contributed by atoms with Crippen molar-refractivity contribution in [1.82, 2.24) is 14.1 Å². The molecule has 2 aliphatic rings. The van der Waals surface area contributed by atoms with Crippen molar-refractivity contribution in [2.75, 3.05) is 33.2 Å². The highest BCUT2D eigenvalue weighted by molar-refractivity contribution is 7.89. The molecule has 1 heterocycles. The summed E-state index contributed by atoms with van der Waals surface area (Å²) in [6.45, 7) is 5.67. The highest BCUT2D eigenvalue weighted by atomic mass is 35.5. The Morgan fingerprint density at radius 1 is 0.860 bits per heavy atom. The lowest BCUT2D eigenvalue weighted by molar-refractivity contribution is 0.0601. The molecule has 0 bridgehead atoms. The van der Waals surface area contributed by atoms with Crippen LogP contribution in [-0.2, 0) is 21.4 Å². The predicted octanol–water partition coefficient (Wildman–Crippen LogP) is 6.41. The fourth-order valence-electron chi connectivity index (χ4n) is 6.74. The van der Waals surface area contributed by atoms with Crippen LogP contribution in [0.2, 0.25) is 0 Å². The second-order valence-electron chi connectivity index (χ2n) is 11.6. The molecule has 0 aromatic heterocycles. The fourth-order valence-corrected chi connectivity index (χ4v) is 8.14. The van der Waals surface area contributed by atoms with Crippen LogP contribution >= 0.6 is 12.4 Å². The van der Waals surface area contributed by atoms with Crippen LogP contribution in [0.3, 0.4) is 0 Å². The van der Waals surface area contributed by atoms with Crippen LogP contribution in [0.4, 0.5) is 4.79 Å². The summed E-state index contributed by atoms with van der Waals surface area (Å²) in [4.78, 5) is 17.7. The molecule has 3 atom stereocenters. The van der Waals surface area contributed by atoms with Gasteiger partial charge in [-0.05, 0) is 67.7 Å². The zero-order valence-electron chi connectivity index (χ0n) is 25.1. The van der Waals surface area contributed by atoms with Gasteiger partial charge in [0.2, 0.25) is 10.0 Å². The Bertz CT molecular complexity index is 1390. The second kappa shape index (κ2) is 15.2.